The van der Waals surface area contributed by atoms with Gasteiger partial charge in [-0.15, -0.1) is 6.42 Å². The van der Waals surface area contributed by atoms with Gasteiger partial charge in [0.15, 0.2) is 11.5 Å². The molecule has 0 N–H and O–H groups in total. The van der Waals surface area contributed by atoms with Crippen molar-refractivity contribution in [2.45, 2.75) is 20.8 Å². The van der Waals surface area contributed by atoms with E-state index in [1.54, 1.807) is 0 Å². The van der Waals surface area contributed by atoms with Crippen LogP contribution in [-0.4, -0.2) is 19.4 Å². The minimum atomic E-state index is 0.214. The summed E-state index contributed by atoms with van der Waals surface area (Å²) in [5.41, 5.74) is 4.34. The molecule has 124 valence electrons. The third-order valence-electron chi connectivity index (χ3n) is 3.56. The fourth-order valence-electron chi connectivity index (χ4n) is 2.20. The van der Waals surface area contributed by atoms with Crippen LogP contribution in [-0.2, 0) is 0 Å². The molecule has 0 unspecified atom stereocenters. The Hall–Kier alpha value is -2.00. The molecule has 0 aliphatic heterocycles. The van der Waals surface area contributed by atoms with Gasteiger partial charge in [-0.3, -0.25) is 4.99 Å². The number of benzene rings is 2. The molecule has 2 aromatic carbocycles. The number of terminal acetylenes is 1. The van der Waals surface area contributed by atoms with Crippen LogP contribution in [0.4, 0.5) is 5.69 Å². The average Bonchev–Trinajstić information content (AvgIpc) is 2.56. The number of aliphatic imine (C=N–C) groups is 1. The molecule has 0 saturated carbocycles. The van der Waals surface area contributed by atoms with Crippen molar-refractivity contribution in [2.75, 3.05) is 13.2 Å². The van der Waals surface area contributed by atoms with Crippen LogP contribution < -0.4 is 9.47 Å². The number of aryl methyl sites for hydroxylation is 1. The van der Waals surface area contributed by atoms with E-state index in [4.69, 9.17) is 15.9 Å². The van der Waals surface area contributed by atoms with E-state index in [2.05, 4.69) is 53.4 Å². The molecule has 0 amide bonds. The van der Waals surface area contributed by atoms with E-state index in [1.807, 2.05) is 37.4 Å². The molecule has 0 atom stereocenters. The summed E-state index contributed by atoms with van der Waals surface area (Å²) >= 11 is 2.22. The van der Waals surface area contributed by atoms with E-state index in [-0.39, 0.29) is 6.61 Å². The molecule has 0 heterocycles. The smallest absolute Gasteiger partial charge is 0.175 e. The van der Waals surface area contributed by atoms with Gasteiger partial charge in [0.1, 0.15) is 6.61 Å². The monoisotopic (exact) mass is 433 g/mol. The summed E-state index contributed by atoms with van der Waals surface area (Å²) in [7, 11) is 0. The Balaban J connectivity index is 2.35. The zero-order chi connectivity index (χ0) is 17.5. The molecule has 0 radical (unpaired) electrons. The normalized spacial score (nSPS) is 10.6. The maximum atomic E-state index is 5.69. The van der Waals surface area contributed by atoms with Crippen molar-refractivity contribution in [2.24, 2.45) is 4.99 Å². The van der Waals surface area contributed by atoms with Crippen molar-refractivity contribution in [3.8, 4) is 23.8 Å². The van der Waals surface area contributed by atoms with Gasteiger partial charge in [0.2, 0.25) is 0 Å². The third kappa shape index (κ3) is 4.51. The van der Waals surface area contributed by atoms with E-state index in [0.717, 1.165) is 14.8 Å². The van der Waals surface area contributed by atoms with E-state index in [0.29, 0.717) is 18.1 Å². The van der Waals surface area contributed by atoms with Gasteiger partial charge >= 0.3 is 0 Å². The van der Waals surface area contributed by atoms with Crippen molar-refractivity contribution >= 4 is 34.5 Å². The van der Waals surface area contributed by atoms with Crippen LogP contribution in [0.3, 0.4) is 0 Å². The molecule has 0 bridgehead atoms. The van der Waals surface area contributed by atoms with Gasteiger partial charge in [-0.25, -0.2) is 0 Å². The number of halogens is 1. The molecule has 4 heteroatoms. The number of rotatable bonds is 6. The lowest BCUT2D eigenvalue weighted by atomic mass is 10.1. The van der Waals surface area contributed by atoms with Crippen molar-refractivity contribution in [3.63, 3.8) is 0 Å². The molecule has 0 saturated heterocycles. The lowest BCUT2D eigenvalue weighted by molar-refractivity contribution is 0.298. The van der Waals surface area contributed by atoms with E-state index in [9.17, 15) is 0 Å². The van der Waals surface area contributed by atoms with Crippen molar-refractivity contribution in [1.29, 1.82) is 0 Å². The van der Waals surface area contributed by atoms with E-state index < -0.39 is 0 Å². The van der Waals surface area contributed by atoms with E-state index >= 15 is 0 Å². The van der Waals surface area contributed by atoms with Gasteiger partial charge in [0, 0.05) is 6.21 Å². The number of hydrogen-bond donors (Lipinski definition) is 0. The Morgan fingerprint density at radius 3 is 2.75 bits per heavy atom. The SMILES string of the molecule is C#CCOc1c(I)cc(C=Nc2cccc(C)c2C)cc1OCC. The first-order valence-electron chi connectivity index (χ1n) is 7.69. The molecule has 0 aliphatic carbocycles. The summed E-state index contributed by atoms with van der Waals surface area (Å²) in [5, 5.41) is 0. The van der Waals surface area contributed by atoms with Crippen LogP contribution >= 0.6 is 22.6 Å². The quantitative estimate of drug-likeness (QED) is 0.362. The van der Waals surface area contributed by atoms with Gasteiger partial charge < -0.3 is 9.47 Å². The Morgan fingerprint density at radius 1 is 1.25 bits per heavy atom. The second kappa shape index (κ2) is 8.74. The van der Waals surface area contributed by atoms with E-state index in [1.165, 1.54) is 11.1 Å². The van der Waals surface area contributed by atoms with Gasteiger partial charge in [0.05, 0.1) is 15.9 Å². The summed E-state index contributed by atoms with van der Waals surface area (Å²) in [6.45, 7) is 6.87. The summed E-state index contributed by atoms with van der Waals surface area (Å²) in [5.74, 6) is 3.84. The fraction of sp³-hybridized carbons (Fsp3) is 0.250. The Bertz CT molecular complexity index is 791. The highest BCUT2D eigenvalue weighted by molar-refractivity contribution is 14.1. The second-order valence-electron chi connectivity index (χ2n) is 5.23. The number of ether oxygens (including phenoxy) is 2. The minimum Gasteiger partial charge on any atom is -0.490 e. The van der Waals surface area contributed by atoms with Crippen LogP contribution in [0.25, 0.3) is 0 Å². The Kier molecular flexibility index (Phi) is 6.68. The summed E-state index contributed by atoms with van der Waals surface area (Å²) < 4.78 is 12.2. The van der Waals surface area contributed by atoms with Crippen molar-refractivity contribution in [1.82, 2.24) is 0 Å². The molecule has 24 heavy (non-hydrogen) atoms. The van der Waals surface area contributed by atoms with Crippen LogP contribution in [0.2, 0.25) is 0 Å². The molecule has 0 aliphatic rings. The maximum absolute atomic E-state index is 5.69. The first-order chi connectivity index (χ1) is 11.6. The Labute approximate surface area is 157 Å². The molecule has 2 aromatic rings. The largest absolute Gasteiger partial charge is 0.490 e. The molecular weight excluding hydrogens is 413 g/mol. The third-order valence-corrected chi connectivity index (χ3v) is 4.36. The Morgan fingerprint density at radius 2 is 2.04 bits per heavy atom. The summed E-state index contributed by atoms with van der Waals surface area (Å²) in [6.07, 6.45) is 7.12. The van der Waals surface area contributed by atoms with Gasteiger partial charge in [0.25, 0.3) is 0 Å². The fourth-order valence-corrected chi connectivity index (χ4v) is 2.98. The minimum absolute atomic E-state index is 0.214. The van der Waals surface area contributed by atoms with Crippen LogP contribution in [0.15, 0.2) is 35.3 Å². The number of hydrogen-bond acceptors (Lipinski definition) is 3. The first kappa shape index (κ1) is 18.3. The molecule has 0 aromatic heterocycles. The molecular formula is C20H20INO2. The predicted octanol–water partition coefficient (Wildman–Crippen LogP) is 5.07. The zero-order valence-electron chi connectivity index (χ0n) is 14.1. The van der Waals surface area contributed by atoms with Gasteiger partial charge in [-0.2, -0.15) is 0 Å². The topological polar surface area (TPSA) is 30.8 Å². The zero-order valence-corrected chi connectivity index (χ0v) is 16.3. The molecule has 0 fully saturated rings. The standard InChI is InChI=1S/C20H20INO2/c1-5-10-24-20-17(21)11-16(12-19(20)23-6-2)13-22-18-9-7-8-14(3)15(18)4/h1,7-9,11-13H,6,10H2,2-4H3. The molecule has 2 rings (SSSR count). The van der Waals surface area contributed by atoms with Crippen molar-refractivity contribution in [3.05, 3.63) is 50.6 Å². The summed E-state index contributed by atoms with van der Waals surface area (Å²) in [6, 6.07) is 10.0. The lowest BCUT2D eigenvalue weighted by Gasteiger charge is -2.13. The average molecular weight is 433 g/mol. The highest BCUT2D eigenvalue weighted by Crippen LogP contribution is 2.34. The lowest BCUT2D eigenvalue weighted by Crippen LogP contribution is -2.02. The van der Waals surface area contributed by atoms with Gasteiger partial charge in [-0.1, -0.05) is 18.1 Å². The van der Waals surface area contributed by atoms with Crippen LogP contribution in [0, 0.1) is 29.8 Å². The highest BCUT2D eigenvalue weighted by atomic mass is 127. The van der Waals surface area contributed by atoms with Crippen LogP contribution in [0.5, 0.6) is 11.5 Å². The summed E-state index contributed by atoms with van der Waals surface area (Å²) in [4.78, 5) is 4.61. The van der Waals surface area contributed by atoms with Crippen molar-refractivity contribution < 1.29 is 9.47 Å². The highest BCUT2D eigenvalue weighted by Gasteiger charge is 2.11. The molecule has 0 spiro atoms. The van der Waals surface area contributed by atoms with Crippen LogP contribution in [0.1, 0.15) is 23.6 Å². The molecule has 3 nitrogen and oxygen atoms in total. The first-order valence-corrected chi connectivity index (χ1v) is 8.77. The number of nitrogens with zero attached hydrogens (tertiary/aromatic N) is 1. The van der Waals surface area contributed by atoms with Gasteiger partial charge in [-0.05, 0) is 78.3 Å². The predicted molar refractivity (Wildman–Crippen MR) is 108 cm³/mol. The maximum Gasteiger partial charge on any atom is 0.175 e. The second-order valence-corrected chi connectivity index (χ2v) is 6.40.